The van der Waals surface area contributed by atoms with Crippen molar-refractivity contribution < 1.29 is 18.9 Å². The first-order chi connectivity index (χ1) is 13.4. The Morgan fingerprint density at radius 3 is 1.39 bits per heavy atom. The van der Waals surface area contributed by atoms with Crippen LogP contribution in [0.3, 0.4) is 0 Å². The van der Waals surface area contributed by atoms with Crippen molar-refractivity contribution in [2.75, 3.05) is 41.5 Å². The van der Waals surface area contributed by atoms with Gasteiger partial charge in [0.25, 0.3) is 0 Å². The summed E-state index contributed by atoms with van der Waals surface area (Å²) in [6.07, 6.45) is 0. The molecule has 2 rings (SSSR count). The molecule has 3 N–H and O–H groups in total. The molecule has 2 aromatic carbocycles. The highest BCUT2D eigenvalue weighted by Gasteiger charge is 2.32. The minimum absolute atomic E-state index is 0.504. The zero-order chi connectivity index (χ0) is 20.7. The van der Waals surface area contributed by atoms with Crippen molar-refractivity contribution >= 4 is 0 Å². The van der Waals surface area contributed by atoms with Crippen LogP contribution in [0.4, 0.5) is 0 Å². The number of hydrogen-bond donors (Lipinski definition) is 2. The molecule has 0 amide bonds. The Bertz CT molecular complexity index is 677. The Kier molecular flexibility index (Phi) is 7.54. The van der Waals surface area contributed by atoms with E-state index in [2.05, 4.69) is 19.2 Å². The molecule has 6 nitrogen and oxygen atoms in total. The number of nitrogens with two attached hydrogens (primary N) is 1. The van der Waals surface area contributed by atoms with Crippen LogP contribution < -0.4 is 30.0 Å². The topological polar surface area (TPSA) is 75.0 Å². The van der Waals surface area contributed by atoms with Crippen molar-refractivity contribution in [2.24, 2.45) is 11.7 Å². The van der Waals surface area contributed by atoms with Gasteiger partial charge in [0.2, 0.25) is 0 Å². The number of methoxy groups -OCH3 is 4. The molecule has 0 bridgehead atoms. The first-order valence-corrected chi connectivity index (χ1v) is 9.33. The predicted molar refractivity (Wildman–Crippen MR) is 112 cm³/mol. The molecule has 0 saturated carbocycles. The van der Waals surface area contributed by atoms with Gasteiger partial charge < -0.3 is 30.0 Å². The van der Waals surface area contributed by atoms with Crippen molar-refractivity contribution in [2.45, 2.75) is 19.4 Å². The summed E-state index contributed by atoms with van der Waals surface area (Å²) in [4.78, 5) is 0. The smallest absolute Gasteiger partial charge is 0.122 e. The molecule has 2 aromatic rings. The maximum absolute atomic E-state index is 7.04. The molecule has 0 radical (unpaired) electrons. The Morgan fingerprint density at radius 1 is 0.750 bits per heavy atom. The maximum Gasteiger partial charge on any atom is 0.122 e. The normalized spacial score (nSPS) is 11.4. The Balaban J connectivity index is 2.61. The van der Waals surface area contributed by atoms with Crippen LogP contribution >= 0.6 is 0 Å². The minimum atomic E-state index is -0.849. The Morgan fingerprint density at radius 2 is 1.11 bits per heavy atom. The summed E-state index contributed by atoms with van der Waals surface area (Å²) in [7, 11) is 6.51. The third-order valence-corrected chi connectivity index (χ3v) is 4.69. The molecule has 0 aromatic heterocycles. The lowest BCUT2D eigenvalue weighted by atomic mass is 9.83. The molecule has 0 heterocycles. The van der Waals surface area contributed by atoms with Gasteiger partial charge >= 0.3 is 0 Å². The van der Waals surface area contributed by atoms with Crippen molar-refractivity contribution in [3.05, 3.63) is 47.5 Å². The standard InChI is InChI=1S/C22H32N2O4/c1-15(2)13-24-14-22(23,16-7-18(25-3)11-19(8-16)26-4)17-9-20(27-5)12-21(10-17)28-6/h7-12,15,24H,13-14,23H2,1-6H3. The lowest BCUT2D eigenvalue weighted by Crippen LogP contribution is -2.47. The van der Waals surface area contributed by atoms with Gasteiger partial charge in [0.05, 0.1) is 34.0 Å². The molecule has 0 spiro atoms. The summed E-state index contributed by atoms with van der Waals surface area (Å²) in [6.45, 7) is 5.70. The second-order valence-corrected chi connectivity index (χ2v) is 7.20. The number of rotatable bonds is 10. The molecule has 28 heavy (non-hydrogen) atoms. The van der Waals surface area contributed by atoms with E-state index >= 15 is 0 Å². The molecule has 0 aliphatic heterocycles. The van der Waals surface area contributed by atoms with Gasteiger partial charge in [-0.15, -0.1) is 0 Å². The van der Waals surface area contributed by atoms with Gasteiger partial charge in [0.1, 0.15) is 23.0 Å². The SMILES string of the molecule is COc1cc(OC)cc(C(N)(CNCC(C)C)c2cc(OC)cc(OC)c2)c1. The van der Waals surface area contributed by atoms with Crippen LogP contribution in [0.2, 0.25) is 0 Å². The second-order valence-electron chi connectivity index (χ2n) is 7.20. The highest BCUT2D eigenvalue weighted by atomic mass is 16.5. The summed E-state index contributed by atoms with van der Waals surface area (Å²) in [5.74, 6) is 3.24. The van der Waals surface area contributed by atoms with Crippen molar-refractivity contribution in [3.8, 4) is 23.0 Å². The molecule has 0 unspecified atom stereocenters. The largest absolute Gasteiger partial charge is 0.497 e. The summed E-state index contributed by atoms with van der Waals surface area (Å²) in [6, 6.07) is 11.4. The van der Waals surface area contributed by atoms with Gasteiger partial charge in [-0.3, -0.25) is 0 Å². The highest BCUT2D eigenvalue weighted by molar-refractivity contribution is 5.50. The molecule has 0 saturated heterocycles. The van der Waals surface area contributed by atoms with Gasteiger partial charge in [0, 0.05) is 18.7 Å². The lowest BCUT2D eigenvalue weighted by molar-refractivity contribution is 0.382. The minimum Gasteiger partial charge on any atom is -0.497 e. The monoisotopic (exact) mass is 388 g/mol. The molecule has 6 heteroatoms. The van der Waals surface area contributed by atoms with Crippen LogP contribution in [0, 0.1) is 5.92 Å². The zero-order valence-corrected chi connectivity index (χ0v) is 17.7. The van der Waals surface area contributed by atoms with Gasteiger partial charge in [-0.05, 0) is 47.9 Å². The summed E-state index contributed by atoms with van der Waals surface area (Å²) in [5, 5.41) is 3.48. The van der Waals surface area contributed by atoms with Crippen molar-refractivity contribution in [3.63, 3.8) is 0 Å². The third kappa shape index (κ3) is 5.09. The van der Waals surface area contributed by atoms with Crippen molar-refractivity contribution in [1.29, 1.82) is 0 Å². The van der Waals surface area contributed by atoms with Crippen molar-refractivity contribution in [1.82, 2.24) is 5.32 Å². The summed E-state index contributed by atoms with van der Waals surface area (Å²) in [5.41, 5.74) is 7.93. The average molecular weight is 389 g/mol. The van der Waals surface area contributed by atoms with E-state index in [1.807, 2.05) is 36.4 Å². The third-order valence-electron chi connectivity index (χ3n) is 4.69. The van der Waals surface area contributed by atoms with Crippen LogP contribution in [0.25, 0.3) is 0 Å². The average Bonchev–Trinajstić information content (AvgIpc) is 2.72. The van der Waals surface area contributed by atoms with E-state index in [0.29, 0.717) is 35.5 Å². The van der Waals surface area contributed by atoms with Gasteiger partial charge in [-0.25, -0.2) is 0 Å². The van der Waals surface area contributed by atoms with Gasteiger partial charge in [0.15, 0.2) is 0 Å². The molecule has 154 valence electrons. The fourth-order valence-electron chi connectivity index (χ4n) is 3.06. The zero-order valence-electron chi connectivity index (χ0n) is 17.7. The quantitative estimate of drug-likeness (QED) is 0.651. The van der Waals surface area contributed by atoms with E-state index in [0.717, 1.165) is 17.7 Å². The van der Waals surface area contributed by atoms with E-state index < -0.39 is 5.54 Å². The lowest BCUT2D eigenvalue weighted by Gasteiger charge is -2.32. The summed E-state index contributed by atoms with van der Waals surface area (Å²) < 4.78 is 21.8. The van der Waals surface area contributed by atoms with Crippen LogP contribution in [0.5, 0.6) is 23.0 Å². The number of nitrogens with one attached hydrogen (secondary N) is 1. The van der Waals surface area contributed by atoms with Crippen LogP contribution in [-0.4, -0.2) is 41.5 Å². The Hall–Kier alpha value is -2.44. The second kappa shape index (κ2) is 9.66. The van der Waals surface area contributed by atoms with E-state index in [4.69, 9.17) is 24.7 Å². The molecular weight excluding hydrogens is 356 g/mol. The van der Waals surface area contributed by atoms with E-state index in [1.165, 1.54) is 0 Å². The molecule has 0 atom stereocenters. The first-order valence-electron chi connectivity index (χ1n) is 9.33. The first kappa shape index (κ1) is 21.9. The fourth-order valence-corrected chi connectivity index (χ4v) is 3.06. The van der Waals surface area contributed by atoms with E-state index in [9.17, 15) is 0 Å². The molecule has 0 fully saturated rings. The number of benzene rings is 2. The maximum atomic E-state index is 7.04. The van der Waals surface area contributed by atoms with Crippen LogP contribution in [0.15, 0.2) is 36.4 Å². The molecular formula is C22H32N2O4. The summed E-state index contributed by atoms with van der Waals surface area (Å²) >= 11 is 0. The highest BCUT2D eigenvalue weighted by Crippen LogP contribution is 2.36. The molecule has 0 aliphatic carbocycles. The van der Waals surface area contributed by atoms with Gasteiger partial charge in [-0.1, -0.05) is 13.8 Å². The van der Waals surface area contributed by atoms with E-state index in [1.54, 1.807) is 28.4 Å². The van der Waals surface area contributed by atoms with Gasteiger partial charge in [-0.2, -0.15) is 0 Å². The molecule has 0 aliphatic rings. The predicted octanol–water partition coefficient (Wildman–Crippen LogP) is 3.17. The fraction of sp³-hybridized carbons (Fsp3) is 0.455. The van der Waals surface area contributed by atoms with Crippen LogP contribution in [-0.2, 0) is 5.54 Å². The Labute approximate surface area is 167 Å². The number of ether oxygens (including phenoxy) is 4. The van der Waals surface area contributed by atoms with E-state index in [-0.39, 0.29) is 0 Å². The van der Waals surface area contributed by atoms with Crippen LogP contribution in [0.1, 0.15) is 25.0 Å². The number of hydrogen-bond acceptors (Lipinski definition) is 6.